The molecule has 3 N–H and O–H groups in total. The van der Waals surface area contributed by atoms with Gasteiger partial charge in [-0.2, -0.15) is 5.10 Å². The Bertz CT molecular complexity index is 520. The van der Waals surface area contributed by atoms with Crippen molar-refractivity contribution in [2.45, 2.75) is 13.0 Å². The first-order chi connectivity index (χ1) is 8.67. The monoisotopic (exact) mass is 247 g/mol. The lowest BCUT2D eigenvalue weighted by atomic mass is 10.1. The molecule has 0 spiro atoms. The van der Waals surface area contributed by atoms with Crippen molar-refractivity contribution >= 4 is 0 Å². The molecule has 0 aliphatic rings. The molecular weight excluding hydrogens is 230 g/mol. The van der Waals surface area contributed by atoms with Crippen LogP contribution in [0.25, 0.3) is 0 Å². The van der Waals surface area contributed by atoms with E-state index in [2.05, 4.69) is 15.5 Å². The molecule has 18 heavy (non-hydrogen) atoms. The van der Waals surface area contributed by atoms with Crippen LogP contribution in [-0.2, 0) is 7.05 Å². The van der Waals surface area contributed by atoms with Gasteiger partial charge in [0.1, 0.15) is 5.69 Å². The lowest BCUT2D eigenvalue weighted by molar-refractivity contribution is 0.401. The second-order valence-corrected chi connectivity index (χ2v) is 4.05. The Morgan fingerprint density at radius 3 is 2.72 bits per heavy atom. The zero-order chi connectivity index (χ0) is 13.1. The van der Waals surface area contributed by atoms with Crippen LogP contribution in [-0.4, -0.2) is 21.9 Å². The number of pyridine rings is 1. The Hall–Kier alpha value is -1.92. The number of ether oxygens (including phenoxy) is 1. The fourth-order valence-electron chi connectivity index (χ4n) is 1.90. The van der Waals surface area contributed by atoms with Crippen LogP contribution >= 0.6 is 0 Å². The molecule has 0 radical (unpaired) electrons. The molecule has 0 saturated heterocycles. The molecule has 0 bridgehead atoms. The number of nitrogens with zero attached hydrogens (tertiary/aromatic N) is 3. The number of nitrogens with two attached hydrogens (primary N) is 1. The normalized spacial score (nSPS) is 12.4. The predicted molar refractivity (Wildman–Crippen MR) is 67.9 cm³/mol. The van der Waals surface area contributed by atoms with Gasteiger partial charge in [0.05, 0.1) is 19.3 Å². The number of aromatic nitrogens is 3. The molecule has 96 valence electrons. The molecule has 0 aliphatic carbocycles. The molecule has 0 aromatic carbocycles. The van der Waals surface area contributed by atoms with Gasteiger partial charge in [0, 0.05) is 18.9 Å². The number of hydrogen-bond acceptors (Lipinski definition) is 5. The molecule has 0 saturated carbocycles. The van der Waals surface area contributed by atoms with E-state index in [-0.39, 0.29) is 6.04 Å². The molecule has 6 heteroatoms. The van der Waals surface area contributed by atoms with E-state index >= 15 is 0 Å². The minimum Gasteiger partial charge on any atom is -0.493 e. The van der Waals surface area contributed by atoms with Gasteiger partial charge in [-0.15, -0.1) is 0 Å². The highest BCUT2D eigenvalue weighted by atomic mass is 16.5. The zero-order valence-electron chi connectivity index (χ0n) is 10.7. The first-order valence-corrected chi connectivity index (χ1v) is 5.62. The molecule has 2 aromatic heterocycles. The van der Waals surface area contributed by atoms with Crippen LogP contribution in [0.5, 0.6) is 5.75 Å². The molecule has 1 atom stereocenters. The van der Waals surface area contributed by atoms with Gasteiger partial charge in [-0.25, -0.2) is 5.43 Å². The van der Waals surface area contributed by atoms with Crippen LogP contribution in [0, 0.1) is 6.92 Å². The SMILES string of the molecule is COc1cnn(C)c1C(NN)c1ccc(C)nc1. The highest BCUT2D eigenvalue weighted by Gasteiger charge is 2.21. The van der Waals surface area contributed by atoms with Gasteiger partial charge < -0.3 is 4.74 Å². The number of hydrazine groups is 1. The van der Waals surface area contributed by atoms with Crippen LogP contribution in [0.1, 0.15) is 23.0 Å². The first kappa shape index (κ1) is 12.5. The molecule has 0 amide bonds. The van der Waals surface area contributed by atoms with Crippen molar-refractivity contribution in [1.29, 1.82) is 0 Å². The number of nitrogens with one attached hydrogen (secondary N) is 1. The predicted octanol–water partition coefficient (Wildman–Crippen LogP) is 0.685. The first-order valence-electron chi connectivity index (χ1n) is 5.62. The van der Waals surface area contributed by atoms with Gasteiger partial charge in [0.15, 0.2) is 5.75 Å². The summed E-state index contributed by atoms with van der Waals surface area (Å²) in [7, 11) is 3.46. The number of aryl methyl sites for hydroxylation is 2. The van der Waals surface area contributed by atoms with Gasteiger partial charge >= 0.3 is 0 Å². The molecule has 2 heterocycles. The topological polar surface area (TPSA) is 78.0 Å². The summed E-state index contributed by atoms with van der Waals surface area (Å²) in [6.07, 6.45) is 3.47. The van der Waals surface area contributed by atoms with Crippen molar-refractivity contribution in [3.8, 4) is 5.75 Å². The van der Waals surface area contributed by atoms with Crippen molar-refractivity contribution in [2.24, 2.45) is 12.9 Å². The quantitative estimate of drug-likeness (QED) is 0.614. The van der Waals surface area contributed by atoms with Crippen molar-refractivity contribution in [1.82, 2.24) is 20.2 Å². The minimum atomic E-state index is -0.208. The third-order valence-corrected chi connectivity index (χ3v) is 2.88. The molecule has 6 nitrogen and oxygen atoms in total. The van der Waals surface area contributed by atoms with Crippen molar-refractivity contribution < 1.29 is 4.74 Å². The third-order valence-electron chi connectivity index (χ3n) is 2.88. The molecular formula is C12H17N5O. The maximum atomic E-state index is 5.65. The van der Waals surface area contributed by atoms with E-state index in [1.807, 2.05) is 26.1 Å². The standard InChI is InChI=1S/C12H17N5O/c1-8-4-5-9(6-14-8)11(16-13)12-10(18-3)7-15-17(12)2/h4-7,11,16H,13H2,1-3H3. The van der Waals surface area contributed by atoms with Crippen molar-refractivity contribution in [3.63, 3.8) is 0 Å². The maximum absolute atomic E-state index is 5.65. The molecule has 2 rings (SSSR count). The Morgan fingerprint density at radius 1 is 1.39 bits per heavy atom. The second-order valence-electron chi connectivity index (χ2n) is 4.05. The van der Waals surface area contributed by atoms with E-state index in [0.29, 0.717) is 5.75 Å². The average Bonchev–Trinajstić information content (AvgIpc) is 2.74. The number of methoxy groups -OCH3 is 1. The summed E-state index contributed by atoms with van der Waals surface area (Å²) >= 11 is 0. The van der Waals surface area contributed by atoms with Gasteiger partial charge in [-0.1, -0.05) is 6.07 Å². The number of rotatable bonds is 4. The van der Waals surface area contributed by atoms with Gasteiger partial charge in [-0.3, -0.25) is 15.5 Å². The summed E-state index contributed by atoms with van der Waals surface area (Å²) in [6, 6.07) is 3.72. The van der Waals surface area contributed by atoms with E-state index in [9.17, 15) is 0 Å². The summed E-state index contributed by atoms with van der Waals surface area (Å²) in [5.41, 5.74) is 5.57. The fourth-order valence-corrected chi connectivity index (χ4v) is 1.90. The van der Waals surface area contributed by atoms with E-state index in [0.717, 1.165) is 17.0 Å². The highest BCUT2D eigenvalue weighted by Crippen LogP contribution is 2.28. The third kappa shape index (κ3) is 2.20. The summed E-state index contributed by atoms with van der Waals surface area (Å²) in [4.78, 5) is 4.28. The van der Waals surface area contributed by atoms with Gasteiger partial charge in [-0.05, 0) is 18.6 Å². The summed E-state index contributed by atoms with van der Waals surface area (Å²) < 4.78 is 7.03. The van der Waals surface area contributed by atoms with Crippen LogP contribution in [0.4, 0.5) is 0 Å². The number of hydrogen-bond donors (Lipinski definition) is 2. The molecule has 2 aromatic rings. The Labute approximate surface area is 106 Å². The smallest absolute Gasteiger partial charge is 0.161 e. The average molecular weight is 247 g/mol. The van der Waals surface area contributed by atoms with Crippen LogP contribution in [0.15, 0.2) is 24.5 Å². The highest BCUT2D eigenvalue weighted by molar-refractivity contribution is 5.35. The van der Waals surface area contributed by atoms with E-state index in [1.165, 1.54) is 0 Å². The van der Waals surface area contributed by atoms with Crippen molar-refractivity contribution in [3.05, 3.63) is 41.5 Å². The lowest BCUT2D eigenvalue weighted by Gasteiger charge is -2.17. The van der Waals surface area contributed by atoms with Crippen LogP contribution < -0.4 is 16.0 Å². The minimum absolute atomic E-state index is 0.208. The molecule has 0 fully saturated rings. The Morgan fingerprint density at radius 2 is 2.17 bits per heavy atom. The second kappa shape index (κ2) is 5.16. The zero-order valence-corrected chi connectivity index (χ0v) is 10.7. The Balaban J connectivity index is 2.44. The van der Waals surface area contributed by atoms with Gasteiger partial charge in [0.2, 0.25) is 0 Å². The maximum Gasteiger partial charge on any atom is 0.161 e. The van der Waals surface area contributed by atoms with E-state index < -0.39 is 0 Å². The molecule has 1 unspecified atom stereocenters. The summed E-state index contributed by atoms with van der Waals surface area (Å²) in [5.74, 6) is 6.35. The van der Waals surface area contributed by atoms with E-state index in [1.54, 1.807) is 24.2 Å². The Kier molecular flexibility index (Phi) is 3.59. The fraction of sp³-hybridized carbons (Fsp3) is 0.333. The largest absolute Gasteiger partial charge is 0.493 e. The van der Waals surface area contributed by atoms with Gasteiger partial charge in [0.25, 0.3) is 0 Å². The molecule has 0 aliphatic heterocycles. The summed E-state index contributed by atoms with van der Waals surface area (Å²) in [5, 5.41) is 4.18. The lowest BCUT2D eigenvalue weighted by Crippen LogP contribution is -2.30. The van der Waals surface area contributed by atoms with Crippen LogP contribution in [0.3, 0.4) is 0 Å². The summed E-state index contributed by atoms with van der Waals surface area (Å²) in [6.45, 7) is 1.94. The van der Waals surface area contributed by atoms with Crippen LogP contribution in [0.2, 0.25) is 0 Å². The van der Waals surface area contributed by atoms with Crippen molar-refractivity contribution in [2.75, 3.05) is 7.11 Å². The van der Waals surface area contributed by atoms with E-state index in [4.69, 9.17) is 10.6 Å².